The minimum absolute atomic E-state index is 0.0253. The van der Waals surface area contributed by atoms with Gasteiger partial charge < -0.3 is 15.5 Å². The zero-order valence-electron chi connectivity index (χ0n) is 12.4. The predicted molar refractivity (Wildman–Crippen MR) is 80.8 cm³/mol. The van der Waals surface area contributed by atoms with Crippen molar-refractivity contribution in [3.05, 3.63) is 21.7 Å². The van der Waals surface area contributed by atoms with Crippen molar-refractivity contribution in [3.63, 3.8) is 0 Å². The van der Waals surface area contributed by atoms with Crippen molar-refractivity contribution in [2.75, 3.05) is 18.9 Å². The van der Waals surface area contributed by atoms with E-state index in [-0.39, 0.29) is 30.2 Å². The van der Waals surface area contributed by atoms with Crippen LogP contribution in [0.1, 0.15) is 20.3 Å². The first kappa shape index (κ1) is 16.6. The molecule has 120 valence electrons. The van der Waals surface area contributed by atoms with Gasteiger partial charge >= 0.3 is 5.97 Å². The van der Waals surface area contributed by atoms with Crippen LogP contribution in [-0.2, 0) is 14.4 Å². The molecule has 0 spiro atoms. The summed E-state index contributed by atoms with van der Waals surface area (Å²) in [6.45, 7) is 3.32. The zero-order chi connectivity index (χ0) is 16.4. The van der Waals surface area contributed by atoms with Crippen molar-refractivity contribution in [2.24, 2.45) is 0 Å². The van der Waals surface area contributed by atoms with Crippen molar-refractivity contribution in [1.82, 2.24) is 10.2 Å². The third-order valence-corrected chi connectivity index (χ3v) is 4.75. The molecule has 3 N–H and O–H groups in total. The summed E-state index contributed by atoms with van der Waals surface area (Å²) in [5.41, 5.74) is 1.12. The van der Waals surface area contributed by atoms with Gasteiger partial charge in [0.15, 0.2) is 0 Å². The van der Waals surface area contributed by atoms with Gasteiger partial charge in [-0.05, 0) is 12.5 Å². The highest BCUT2D eigenvalue weighted by Crippen LogP contribution is 2.46. The molecule has 0 aromatic rings. The van der Waals surface area contributed by atoms with E-state index in [1.54, 1.807) is 6.92 Å². The van der Waals surface area contributed by atoms with E-state index in [1.165, 1.54) is 23.6 Å². The van der Waals surface area contributed by atoms with Crippen LogP contribution in [-0.4, -0.2) is 57.8 Å². The molecule has 0 aromatic carbocycles. The smallest absolute Gasteiger partial charge is 0.353 e. The Hall–Kier alpha value is -1.80. The van der Waals surface area contributed by atoms with Gasteiger partial charge in [0.25, 0.3) is 5.91 Å². The van der Waals surface area contributed by atoms with Crippen LogP contribution in [0, 0.1) is 0 Å². The number of aliphatic hydroxyl groups excluding tert-OH is 1. The normalized spacial score (nSPS) is 22.4. The molecule has 2 rings (SSSR count). The zero-order valence-corrected chi connectivity index (χ0v) is 13.2. The van der Waals surface area contributed by atoms with Gasteiger partial charge in [0.1, 0.15) is 5.70 Å². The van der Waals surface area contributed by atoms with Gasteiger partial charge in [-0.1, -0.05) is 0 Å². The van der Waals surface area contributed by atoms with Gasteiger partial charge in [-0.3, -0.25) is 14.5 Å². The lowest BCUT2D eigenvalue weighted by atomic mass is 9.90. The average Bonchev–Trinajstić information content (AvgIpc) is 2.78. The molecule has 8 heteroatoms. The molecule has 0 radical (unpaired) electrons. The Morgan fingerprint density at radius 2 is 2.09 bits per heavy atom. The molecule has 7 nitrogen and oxygen atoms in total. The Labute approximate surface area is 132 Å². The highest BCUT2D eigenvalue weighted by molar-refractivity contribution is 8.03. The van der Waals surface area contributed by atoms with Crippen molar-refractivity contribution in [1.29, 1.82) is 0 Å². The highest BCUT2D eigenvalue weighted by Gasteiger charge is 2.52. The molecule has 0 unspecified atom stereocenters. The second kappa shape index (κ2) is 6.53. The quantitative estimate of drug-likeness (QED) is 0.362. The summed E-state index contributed by atoms with van der Waals surface area (Å²) in [4.78, 5) is 36.3. The number of nitrogens with zero attached hydrogens (tertiary/aromatic N) is 1. The lowest BCUT2D eigenvalue weighted by Gasteiger charge is -2.39. The van der Waals surface area contributed by atoms with Gasteiger partial charge in [-0.2, -0.15) is 0 Å². The maximum atomic E-state index is 12.1. The van der Waals surface area contributed by atoms with E-state index >= 15 is 0 Å². The average molecular weight is 326 g/mol. The van der Waals surface area contributed by atoms with Gasteiger partial charge in [0.2, 0.25) is 5.91 Å². The van der Waals surface area contributed by atoms with Crippen LogP contribution in [0.4, 0.5) is 0 Å². The molecule has 1 saturated heterocycles. The van der Waals surface area contributed by atoms with Crippen LogP contribution in [0.25, 0.3) is 0 Å². The summed E-state index contributed by atoms with van der Waals surface area (Å²) in [5, 5.41) is 21.2. The van der Waals surface area contributed by atoms with Gasteiger partial charge in [-0.25, -0.2) is 4.79 Å². The third-order valence-electron chi connectivity index (χ3n) is 3.63. The fourth-order valence-electron chi connectivity index (χ4n) is 2.64. The van der Waals surface area contributed by atoms with Crippen molar-refractivity contribution in [2.45, 2.75) is 26.3 Å². The van der Waals surface area contributed by atoms with Crippen molar-refractivity contribution < 1.29 is 24.6 Å². The number of hydrogen-bond acceptors (Lipinski definition) is 5. The van der Waals surface area contributed by atoms with E-state index in [4.69, 9.17) is 0 Å². The van der Waals surface area contributed by atoms with Gasteiger partial charge in [0, 0.05) is 36.1 Å². The van der Waals surface area contributed by atoms with E-state index < -0.39 is 5.97 Å². The van der Waals surface area contributed by atoms with Gasteiger partial charge in [-0.15, -0.1) is 11.8 Å². The largest absolute Gasteiger partial charge is 0.477 e. The highest BCUT2D eigenvalue weighted by atomic mass is 32.2. The number of thioether (sulfide) groups is 1. The summed E-state index contributed by atoms with van der Waals surface area (Å²) >= 11 is 1.34. The third kappa shape index (κ3) is 2.89. The fraction of sp³-hybridized carbons (Fsp3) is 0.500. The summed E-state index contributed by atoms with van der Waals surface area (Å²) in [6, 6.07) is -0.283. The molecule has 0 aromatic heterocycles. The molecule has 2 aliphatic rings. The SMILES string of the molecule is CC(=O)NCCSC1=C(C(=O)O)N2C(=O)/C(=C(\C)CO)[C@H]2C1. The van der Waals surface area contributed by atoms with Crippen LogP contribution >= 0.6 is 11.8 Å². The molecule has 2 aliphatic heterocycles. The second-order valence-corrected chi connectivity index (χ2v) is 6.35. The lowest BCUT2D eigenvalue weighted by Crippen LogP contribution is -2.53. The number of carboxylic acids is 1. The Bertz CT molecular complexity index is 596. The Kier molecular flexibility index (Phi) is 4.92. The molecule has 0 saturated carbocycles. The van der Waals surface area contributed by atoms with E-state index in [9.17, 15) is 24.6 Å². The number of amides is 2. The molecule has 22 heavy (non-hydrogen) atoms. The molecular formula is C14H18N2O5S. The van der Waals surface area contributed by atoms with Crippen LogP contribution in [0.3, 0.4) is 0 Å². The summed E-state index contributed by atoms with van der Waals surface area (Å²) in [6.07, 6.45) is 0.449. The minimum atomic E-state index is -1.13. The number of aliphatic carboxylic acids is 1. The number of hydrogen-bond donors (Lipinski definition) is 3. The Balaban J connectivity index is 2.12. The van der Waals surface area contributed by atoms with E-state index in [2.05, 4.69) is 5.32 Å². The number of nitrogens with one attached hydrogen (secondary N) is 1. The molecule has 2 amide bonds. The van der Waals surface area contributed by atoms with Crippen LogP contribution in [0.15, 0.2) is 21.7 Å². The van der Waals surface area contributed by atoms with Crippen LogP contribution in [0.2, 0.25) is 0 Å². The Morgan fingerprint density at radius 3 is 2.64 bits per heavy atom. The molecular weight excluding hydrogens is 308 g/mol. The summed E-state index contributed by atoms with van der Waals surface area (Å²) in [7, 11) is 0. The van der Waals surface area contributed by atoms with Crippen LogP contribution < -0.4 is 5.32 Å². The molecule has 0 aliphatic carbocycles. The predicted octanol–water partition coefficient (Wildman–Crippen LogP) is 0.0752. The number of carbonyl (C=O) groups excluding carboxylic acids is 2. The number of fused-ring (bicyclic) bond motifs is 1. The minimum Gasteiger partial charge on any atom is -0.477 e. The molecule has 1 atom stereocenters. The maximum absolute atomic E-state index is 12.1. The van der Waals surface area contributed by atoms with Crippen molar-refractivity contribution >= 4 is 29.5 Å². The summed E-state index contributed by atoms with van der Waals surface area (Å²) in [5.74, 6) is -1.06. The number of carbonyl (C=O) groups is 3. The first-order chi connectivity index (χ1) is 10.4. The maximum Gasteiger partial charge on any atom is 0.353 e. The number of β-lactam (4-membered cyclic amide) rings is 1. The monoisotopic (exact) mass is 326 g/mol. The number of carboxylic acid groups (broad SMARTS) is 1. The number of aliphatic hydroxyl groups is 1. The van der Waals surface area contributed by atoms with E-state index in [0.29, 0.717) is 34.8 Å². The van der Waals surface area contributed by atoms with Crippen molar-refractivity contribution in [3.8, 4) is 0 Å². The van der Waals surface area contributed by atoms with E-state index in [1.807, 2.05) is 0 Å². The standard InChI is InChI=1S/C14H18N2O5S/c1-7(6-17)11-9-5-10(22-4-3-15-8(2)18)12(14(20)21)16(9)13(11)19/h9,17H,3-6H2,1-2H3,(H,15,18)(H,20,21)/b11-7+/t9-/m1/s1. The molecule has 0 bridgehead atoms. The number of rotatable bonds is 6. The summed E-state index contributed by atoms with van der Waals surface area (Å²) < 4.78 is 0. The first-order valence-electron chi connectivity index (χ1n) is 6.86. The lowest BCUT2D eigenvalue weighted by molar-refractivity contribution is -0.142. The van der Waals surface area contributed by atoms with E-state index in [0.717, 1.165) is 0 Å². The Morgan fingerprint density at radius 1 is 1.41 bits per heavy atom. The second-order valence-electron chi connectivity index (χ2n) is 5.16. The van der Waals surface area contributed by atoms with Crippen LogP contribution in [0.5, 0.6) is 0 Å². The fourth-order valence-corrected chi connectivity index (χ4v) is 3.69. The first-order valence-corrected chi connectivity index (χ1v) is 7.84. The van der Waals surface area contributed by atoms with Gasteiger partial charge in [0.05, 0.1) is 12.6 Å². The topological polar surface area (TPSA) is 107 Å². The molecule has 2 heterocycles. The molecule has 1 fully saturated rings.